The first kappa shape index (κ1) is 21.9. The number of carboxylic acid groups (broad SMARTS) is 1. The summed E-state index contributed by atoms with van der Waals surface area (Å²) in [5, 5.41) is 8.90. The SMILES string of the molecule is CCCCCCCCCC1CCC(CCc2ccc(C(=O)O)c(F)c2)CC1. The molecule has 1 aliphatic carbocycles. The molecule has 27 heavy (non-hydrogen) atoms. The van der Waals surface area contributed by atoms with Gasteiger partial charge in [-0.25, -0.2) is 9.18 Å². The Balaban J connectivity index is 1.58. The maximum Gasteiger partial charge on any atom is 0.338 e. The van der Waals surface area contributed by atoms with E-state index in [2.05, 4.69) is 6.92 Å². The van der Waals surface area contributed by atoms with E-state index in [-0.39, 0.29) is 5.56 Å². The lowest BCUT2D eigenvalue weighted by Gasteiger charge is -2.28. The van der Waals surface area contributed by atoms with Crippen LogP contribution in [-0.2, 0) is 6.42 Å². The van der Waals surface area contributed by atoms with Gasteiger partial charge in [-0.2, -0.15) is 0 Å². The van der Waals surface area contributed by atoms with Gasteiger partial charge in [0.25, 0.3) is 0 Å². The number of carbonyl (C=O) groups is 1. The second kappa shape index (κ2) is 12.2. The highest BCUT2D eigenvalue weighted by atomic mass is 19.1. The zero-order valence-electron chi connectivity index (χ0n) is 17.0. The van der Waals surface area contributed by atoms with Gasteiger partial charge in [0.05, 0.1) is 5.56 Å². The van der Waals surface area contributed by atoms with Crippen LogP contribution in [0.2, 0.25) is 0 Å². The Morgan fingerprint density at radius 2 is 1.56 bits per heavy atom. The van der Waals surface area contributed by atoms with Crippen molar-refractivity contribution in [1.29, 1.82) is 0 Å². The Hall–Kier alpha value is -1.38. The Morgan fingerprint density at radius 3 is 2.15 bits per heavy atom. The summed E-state index contributed by atoms with van der Waals surface area (Å²) in [5.74, 6) is -0.140. The molecule has 1 aromatic carbocycles. The normalized spacial score (nSPS) is 19.9. The summed E-state index contributed by atoms with van der Waals surface area (Å²) >= 11 is 0. The maximum atomic E-state index is 13.8. The summed E-state index contributed by atoms with van der Waals surface area (Å²) in [6, 6.07) is 4.56. The van der Waals surface area contributed by atoms with E-state index < -0.39 is 11.8 Å². The van der Waals surface area contributed by atoms with Crippen molar-refractivity contribution in [3.63, 3.8) is 0 Å². The molecule has 1 saturated carbocycles. The van der Waals surface area contributed by atoms with Crippen LogP contribution in [0.25, 0.3) is 0 Å². The first-order valence-electron chi connectivity index (χ1n) is 11.1. The van der Waals surface area contributed by atoms with Crippen LogP contribution >= 0.6 is 0 Å². The van der Waals surface area contributed by atoms with Crippen molar-refractivity contribution >= 4 is 5.97 Å². The van der Waals surface area contributed by atoms with E-state index in [9.17, 15) is 9.18 Å². The monoisotopic (exact) mass is 376 g/mol. The molecule has 1 N–H and O–H groups in total. The van der Waals surface area contributed by atoms with Crippen molar-refractivity contribution in [3.8, 4) is 0 Å². The molecular formula is C24H37FO2. The third kappa shape index (κ3) is 8.02. The molecule has 152 valence electrons. The minimum atomic E-state index is -1.20. The first-order chi connectivity index (χ1) is 13.1. The molecule has 0 atom stereocenters. The largest absolute Gasteiger partial charge is 0.478 e. The molecule has 0 spiro atoms. The number of aryl methyl sites for hydroxylation is 1. The van der Waals surface area contributed by atoms with Gasteiger partial charge in [-0.1, -0.05) is 90.0 Å². The zero-order valence-corrected chi connectivity index (χ0v) is 17.0. The lowest BCUT2D eigenvalue weighted by Crippen LogP contribution is -2.15. The van der Waals surface area contributed by atoms with Gasteiger partial charge in [-0.05, 0) is 42.4 Å². The number of benzene rings is 1. The molecule has 2 rings (SSSR count). The molecule has 0 unspecified atom stereocenters. The zero-order chi connectivity index (χ0) is 19.5. The van der Waals surface area contributed by atoms with Gasteiger partial charge in [0.15, 0.2) is 0 Å². The van der Waals surface area contributed by atoms with E-state index >= 15 is 0 Å². The van der Waals surface area contributed by atoms with E-state index in [1.165, 1.54) is 89.2 Å². The highest BCUT2D eigenvalue weighted by molar-refractivity contribution is 5.87. The molecule has 0 heterocycles. The molecule has 0 bridgehead atoms. The quantitative estimate of drug-likeness (QED) is 0.386. The van der Waals surface area contributed by atoms with Crippen molar-refractivity contribution in [2.24, 2.45) is 11.8 Å². The molecule has 3 heteroatoms. The first-order valence-corrected chi connectivity index (χ1v) is 11.1. The average Bonchev–Trinajstić information content (AvgIpc) is 2.66. The topological polar surface area (TPSA) is 37.3 Å². The van der Waals surface area contributed by atoms with Gasteiger partial charge in [0.1, 0.15) is 5.82 Å². The number of unbranched alkanes of at least 4 members (excludes halogenated alkanes) is 6. The van der Waals surface area contributed by atoms with Crippen LogP contribution in [0.1, 0.15) is 106 Å². The highest BCUT2D eigenvalue weighted by Gasteiger charge is 2.21. The lowest BCUT2D eigenvalue weighted by atomic mass is 9.77. The summed E-state index contributed by atoms with van der Waals surface area (Å²) < 4.78 is 13.8. The van der Waals surface area contributed by atoms with Crippen molar-refractivity contribution in [3.05, 3.63) is 35.1 Å². The fourth-order valence-corrected chi connectivity index (χ4v) is 4.46. The molecule has 0 aromatic heterocycles. The van der Waals surface area contributed by atoms with Crippen LogP contribution in [0.5, 0.6) is 0 Å². The lowest BCUT2D eigenvalue weighted by molar-refractivity contribution is 0.0692. The summed E-state index contributed by atoms with van der Waals surface area (Å²) in [6.07, 6.45) is 18.4. The highest BCUT2D eigenvalue weighted by Crippen LogP contribution is 2.34. The second-order valence-electron chi connectivity index (χ2n) is 8.45. The Morgan fingerprint density at radius 1 is 0.963 bits per heavy atom. The number of hydrogen-bond acceptors (Lipinski definition) is 1. The van der Waals surface area contributed by atoms with Gasteiger partial charge in [-0.15, -0.1) is 0 Å². The number of halogens is 1. The van der Waals surface area contributed by atoms with Crippen molar-refractivity contribution in [1.82, 2.24) is 0 Å². The van der Waals surface area contributed by atoms with E-state index in [0.717, 1.165) is 30.2 Å². The van der Waals surface area contributed by atoms with Crippen LogP contribution < -0.4 is 0 Å². The third-order valence-corrected chi connectivity index (χ3v) is 6.29. The minimum absolute atomic E-state index is 0.232. The average molecular weight is 377 g/mol. The van der Waals surface area contributed by atoms with Crippen LogP contribution in [0.4, 0.5) is 4.39 Å². The predicted octanol–water partition coefficient (Wildman–Crippen LogP) is 7.40. The molecule has 0 amide bonds. The Kier molecular flexibility index (Phi) is 9.86. The fourth-order valence-electron chi connectivity index (χ4n) is 4.46. The van der Waals surface area contributed by atoms with Gasteiger partial charge in [0, 0.05) is 0 Å². The van der Waals surface area contributed by atoms with E-state index in [4.69, 9.17) is 5.11 Å². The van der Waals surface area contributed by atoms with Crippen LogP contribution in [0, 0.1) is 17.7 Å². The number of carboxylic acids is 1. The van der Waals surface area contributed by atoms with Crippen LogP contribution in [0.3, 0.4) is 0 Å². The predicted molar refractivity (Wildman–Crippen MR) is 110 cm³/mol. The number of hydrogen-bond donors (Lipinski definition) is 1. The summed E-state index contributed by atoms with van der Waals surface area (Å²) in [4.78, 5) is 10.9. The van der Waals surface area contributed by atoms with Crippen molar-refractivity contribution in [2.75, 3.05) is 0 Å². The molecule has 1 fully saturated rings. The Labute approximate surface area is 164 Å². The van der Waals surface area contributed by atoms with Gasteiger partial charge < -0.3 is 5.11 Å². The molecule has 0 saturated heterocycles. The number of aromatic carboxylic acids is 1. The summed E-state index contributed by atoms with van der Waals surface area (Å²) in [5.41, 5.74) is 0.687. The Bertz CT molecular complexity index is 561. The van der Waals surface area contributed by atoms with Gasteiger partial charge >= 0.3 is 5.97 Å². The second-order valence-corrected chi connectivity index (χ2v) is 8.45. The van der Waals surface area contributed by atoms with Gasteiger partial charge in [0.2, 0.25) is 0 Å². The summed E-state index contributed by atoms with van der Waals surface area (Å²) in [7, 11) is 0. The molecule has 2 nitrogen and oxygen atoms in total. The third-order valence-electron chi connectivity index (χ3n) is 6.29. The minimum Gasteiger partial charge on any atom is -0.478 e. The standard InChI is InChI=1S/C24H37FO2/c1-2-3-4-5-6-7-8-9-19-10-12-20(13-11-19)14-15-21-16-17-22(24(26)27)23(25)18-21/h16-20H,2-15H2,1H3,(H,26,27). The van der Waals surface area contributed by atoms with Crippen LogP contribution in [0.15, 0.2) is 18.2 Å². The van der Waals surface area contributed by atoms with Crippen molar-refractivity contribution < 1.29 is 14.3 Å². The smallest absolute Gasteiger partial charge is 0.338 e. The summed E-state index contributed by atoms with van der Waals surface area (Å²) in [6.45, 7) is 2.27. The number of rotatable bonds is 12. The van der Waals surface area contributed by atoms with E-state index in [1.54, 1.807) is 6.07 Å². The van der Waals surface area contributed by atoms with E-state index in [1.807, 2.05) is 0 Å². The molecule has 1 aliphatic rings. The van der Waals surface area contributed by atoms with Gasteiger partial charge in [-0.3, -0.25) is 0 Å². The maximum absolute atomic E-state index is 13.8. The molecular weight excluding hydrogens is 339 g/mol. The van der Waals surface area contributed by atoms with Crippen LogP contribution in [-0.4, -0.2) is 11.1 Å². The molecule has 0 radical (unpaired) electrons. The van der Waals surface area contributed by atoms with Crippen molar-refractivity contribution in [2.45, 2.75) is 96.8 Å². The molecule has 0 aliphatic heterocycles. The molecule has 1 aromatic rings. The van der Waals surface area contributed by atoms with E-state index in [0.29, 0.717) is 0 Å². The fraction of sp³-hybridized carbons (Fsp3) is 0.708.